The molecule has 7 nitrogen and oxygen atoms in total. The van der Waals surface area contributed by atoms with Gasteiger partial charge in [-0.1, -0.05) is 12.1 Å². The van der Waals surface area contributed by atoms with Crippen molar-refractivity contribution >= 4 is 34.9 Å². The molecule has 1 heterocycles. The lowest BCUT2D eigenvalue weighted by molar-refractivity contribution is -0.895. The molecule has 28 heavy (non-hydrogen) atoms. The largest absolute Gasteiger partial charge is 0.469 e. The summed E-state index contributed by atoms with van der Waals surface area (Å²) in [5, 5.41) is 6.94. The smallest absolute Gasteiger partial charge is 0.305 e. The number of amides is 1. The van der Waals surface area contributed by atoms with Crippen molar-refractivity contribution in [3.8, 4) is 0 Å². The molecule has 1 aromatic rings. The van der Waals surface area contributed by atoms with Crippen LogP contribution in [0.3, 0.4) is 0 Å². The second kappa shape index (κ2) is 11.0. The first kappa shape index (κ1) is 22.1. The molecular weight excluding hydrogens is 376 g/mol. The van der Waals surface area contributed by atoms with Gasteiger partial charge in [-0.2, -0.15) is 0 Å². The van der Waals surface area contributed by atoms with Crippen LogP contribution >= 0.6 is 12.2 Å². The van der Waals surface area contributed by atoms with E-state index in [1.807, 2.05) is 32.0 Å². The fraction of sp³-hybridized carbons (Fsp3) is 0.550. The zero-order valence-corrected chi connectivity index (χ0v) is 17.8. The van der Waals surface area contributed by atoms with E-state index in [1.165, 1.54) is 17.6 Å². The molecular formula is C20H31N4O3S+. The normalized spacial score (nSPS) is 14.5. The Kier molecular flexibility index (Phi) is 8.66. The number of hydrogen-bond acceptors (Lipinski definition) is 4. The average Bonchev–Trinajstić information content (AvgIpc) is 2.69. The number of nitrogens with zero attached hydrogens (tertiary/aromatic N) is 1. The van der Waals surface area contributed by atoms with Crippen molar-refractivity contribution in [3.05, 3.63) is 29.3 Å². The Hall–Kier alpha value is -2.19. The molecule has 0 aromatic heterocycles. The molecule has 0 saturated carbocycles. The molecule has 2 rings (SSSR count). The van der Waals surface area contributed by atoms with E-state index in [0.717, 1.165) is 37.4 Å². The number of rotatable bonds is 7. The number of carbonyl (C=O) groups is 2. The third-order valence-corrected chi connectivity index (χ3v) is 5.51. The summed E-state index contributed by atoms with van der Waals surface area (Å²) in [4.78, 5) is 26.9. The number of carbonyl (C=O) groups excluding carboxylic acids is 2. The lowest BCUT2D eigenvalue weighted by atomic mass is 10.1. The van der Waals surface area contributed by atoms with E-state index in [4.69, 9.17) is 12.2 Å². The number of aryl methyl sites for hydroxylation is 1. The van der Waals surface area contributed by atoms with Crippen LogP contribution in [0.2, 0.25) is 0 Å². The number of hydrogen-bond donors (Lipinski definition) is 3. The number of thiocarbonyl (C=S) groups is 1. The molecule has 0 radical (unpaired) electrons. The van der Waals surface area contributed by atoms with Gasteiger partial charge in [0.1, 0.15) is 0 Å². The monoisotopic (exact) mass is 407 g/mol. The third-order valence-electron chi connectivity index (χ3n) is 5.11. The summed E-state index contributed by atoms with van der Waals surface area (Å²) in [5.74, 6) is -0.162. The molecule has 0 bridgehead atoms. The van der Waals surface area contributed by atoms with Gasteiger partial charge in [0.05, 0.1) is 33.3 Å². The molecule has 0 aliphatic carbocycles. The highest BCUT2D eigenvalue weighted by Crippen LogP contribution is 2.17. The predicted molar refractivity (Wildman–Crippen MR) is 114 cm³/mol. The summed E-state index contributed by atoms with van der Waals surface area (Å²) in [6.45, 7) is 8.54. The topological polar surface area (TPSA) is 75.1 Å². The molecule has 0 unspecified atom stereocenters. The molecule has 1 aliphatic rings. The maximum absolute atomic E-state index is 12.4. The van der Waals surface area contributed by atoms with Crippen molar-refractivity contribution < 1.29 is 19.2 Å². The van der Waals surface area contributed by atoms with E-state index in [9.17, 15) is 9.59 Å². The highest BCUT2D eigenvalue weighted by molar-refractivity contribution is 7.80. The minimum atomic E-state index is -0.205. The van der Waals surface area contributed by atoms with Gasteiger partial charge < -0.3 is 25.2 Å². The lowest BCUT2D eigenvalue weighted by Gasteiger charge is -2.33. The van der Waals surface area contributed by atoms with E-state index in [-0.39, 0.29) is 11.9 Å². The minimum absolute atomic E-state index is 0.0423. The maximum Gasteiger partial charge on any atom is 0.305 e. The van der Waals surface area contributed by atoms with Crippen LogP contribution in [0.4, 0.5) is 5.69 Å². The highest BCUT2D eigenvalue weighted by atomic mass is 32.1. The Balaban J connectivity index is 1.68. The molecule has 0 atom stereocenters. The summed E-state index contributed by atoms with van der Waals surface area (Å²) in [7, 11) is 1.39. The standard InChI is InChI=1S/C20H30N4O3S/c1-15-6-4-7-17(16(15)2)22-18(25)14-23-10-12-24(13-11-23)20(28)21-9-5-8-19(26)27-3/h4,6-7H,5,8-14H2,1-3H3,(H,21,28)(H,22,25)/p+1. The van der Waals surface area contributed by atoms with E-state index >= 15 is 0 Å². The number of methoxy groups -OCH3 is 1. The van der Waals surface area contributed by atoms with Crippen LogP contribution in [0.15, 0.2) is 18.2 Å². The Morgan fingerprint density at radius 2 is 1.96 bits per heavy atom. The van der Waals surface area contributed by atoms with Crippen LogP contribution in [-0.2, 0) is 14.3 Å². The molecule has 3 N–H and O–H groups in total. The Morgan fingerprint density at radius 3 is 2.64 bits per heavy atom. The van der Waals surface area contributed by atoms with Gasteiger partial charge in [0.2, 0.25) is 0 Å². The van der Waals surface area contributed by atoms with Gasteiger partial charge in [-0.15, -0.1) is 0 Å². The molecule has 1 fully saturated rings. The van der Waals surface area contributed by atoms with Crippen LogP contribution in [0.5, 0.6) is 0 Å². The summed E-state index contributed by atoms with van der Waals surface area (Å²) >= 11 is 5.43. The third kappa shape index (κ3) is 6.76. The number of benzene rings is 1. The summed E-state index contributed by atoms with van der Waals surface area (Å²) in [6, 6.07) is 5.95. The van der Waals surface area contributed by atoms with Gasteiger partial charge in [0, 0.05) is 18.7 Å². The Morgan fingerprint density at radius 1 is 1.25 bits per heavy atom. The van der Waals surface area contributed by atoms with Crippen molar-refractivity contribution in [1.82, 2.24) is 10.2 Å². The first-order valence-electron chi connectivity index (χ1n) is 9.70. The molecule has 1 aliphatic heterocycles. The molecule has 154 valence electrons. The molecule has 0 spiro atoms. The SMILES string of the molecule is COC(=O)CCCNC(=S)N1CC[NH+](CC(=O)Nc2cccc(C)c2C)CC1. The summed E-state index contributed by atoms with van der Waals surface area (Å²) in [5.41, 5.74) is 3.17. The quantitative estimate of drug-likeness (QED) is 0.342. The zero-order valence-electron chi connectivity index (χ0n) is 17.0. The van der Waals surface area contributed by atoms with Crippen molar-refractivity contribution in [2.45, 2.75) is 26.7 Å². The number of piperazine rings is 1. The first-order chi connectivity index (χ1) is 13.4. The summed E-state index contributed by atoms with van der Waals surface area (Å²) < 4.78 is 4.62. The van der Waals surface area contributed by atoms with Crippen LogP contribution < -0.4 is 15.5 Å². The van der Waals surface area contributed by atoms with Crippen LogP contribution in [-0.4, -0.2) is 68.3 Å². The minimum Gasteiger partial charge on any atom is -0.469 e. The fourth-order valence-electron chi connectivity index (χ4n) is 3.15. The number of anilines is 1. The number of esters is 1. The van der Waals surface area contributed by atoms with Crippen LogP contribution in [0.25, 0.3) is 0 Å². The zero-order chi connectivity index (χ0) is 20.5. The van der Waals surface area contributed by atoms with E-state index in [1.54, 1.807) is 0 Å². The van der Waals surface area contributed by atoms with E-state index in [2.05, 4.69) is 20.3 Å². The molecule has 1 saturated heterocycles. The van der Waals surface area contributed by atoms with Crippen molar-refractivity contribution in [3.63, 3.8) is 0 Å². The van der Waals surface area contributed by atoms with Gasteiger partial charge in [0.15, 0.2) is 11.7 Å². The van der Waals surface area contributed by atoms with Crippen LogP contribution in [0, 0.1) is 13.8 Å². The second-order valence-electron chi connectivity index (χ2n) is 7.12. The molecule has 8 heteroatoms. The Labute approximate surface area is 172 Å². The van der Waals surface area contributed by atoms with Gasteiger partial charge in [-0.25, -0.2) is 0 Å². The highest BCUT2D eigenvalue weighted by Gasteiger charge is 2.23. The Bertz CT molecular complexity index is 703. The van der Waals surface area contributed by atoms with Gasteiger partial charge >= 0.3 is 5.97 Å². The van der Waals surface area contributed by atoms with Gasteiger partial charge in [0.25, 0.3) is 5.91 Å². The van der Waals surface area contributed by atoms with Crippen molar-refractivity contribution in [2.75, 3.05) is 51.7 Å². The molecule has 1 aromatic carbocycles. The first-order valence-corrected chi connectivity index (χ1v) is 10.1. The van der Waals surface area contributed by atoms with E-state index < -0.39 is 0 Å². The maximum atomic E-state index is 12.4. The van der Waals surface area contributed by atoms with Gasteiger partial charge in [-0.3, -0.25) is 9.59 Å². The predicted octanol–water partition coefficient (Wildman–Crippen LogP) is 0.270. The van der Waals surface area contributed by atoms with Crippen molar-refractivity contribution in [1.29, 1.82) is 0 Å². The second-order valence-corrected chi connectivity index (χ2v) is 7.51. The number of ether oxygens (including phenoxy) is 1. The average molecular weight is 408 g/mol. The number of quaternary nitrogens is 1. The van der Waals surface area contributed by atoms with Gasteiger partial charge in [-0.05, 0) is 49.7 Å². The number of nitrogens with one attached hydrogen (secondary N) is 3. The lowest BCUT2D eigenvalue weighted by Crippen LogP contribution is -3.15. The fourth-order valence-corrected chi connectivity index (χ4v) is 3.44. The van der Waals surface area contributed by atoms with E-state index in [0.29, 0.717) is 31.0 Å². The molecule has 1 amide bonds. The van der Waals surface area contributed by atoms with Crippen LogP contribution in [0.1, 0.15) is 24.0 Å². The summed E-state index contributed by atoms with van der Waals surface area (Å²) in [6.07, 6.45) is 1.08. The van der Waals surface area contributed by atoms with Crippen molar-refractivity contribution in [2.24, 2.45) is 0 Å².